The van der Waals surface area contributed by atoms with Gasteiger partial charge in [-0.05, 0) is 25.1 Å². The first-order valence-corrected chi connectivity index (χ1v) is 15.8. The fourth-order valence-electron chi connectivity index (χ4n) is 5.79. The van der Waals surface area contributed by atoms with Gasteiger partial charge in [-0.3, -0.25) is 19.2 Å². The molecule has 0 radical (unpaired) electrons. The second-order valence-electron chi connectivity index (χ2n) is 12.0. The van der Waals surface area contributed by atoms with Crippen LogP contribution in [0.3, 0.4) is 0 Å². The molecule has 2 aliphatic heterocycles. The molecule has 1 aromatic heterocycles. The van der Waals surface area contributed by atoms with Crippen LogP contribution in [0, 0.1) is 0 Å². The van der Waals surface area contributed by atoms with Crippen molar-refractivity contribution in [1.82, 2.24) is 41.2 Å². The Morgan fingerprint density at radius 2 is 1.71 bits per heavy atom. The molecule has 48 heavy (non-hydrogen) atoms. The van der Waals surface area contributed by atoms with Crippen LogP contribution in [0.1, 0.15) is 36.2 Å². The van der Waals surface area contributed by atoms with E-state index in [1.807, 2.05) is 36.4 Å². The SMILES string of the molecule is CNC(C)C(=O)NC(Cc1ccccc1)C(=O)N1CC2CC1C(=O)NC(Cc1ccccc1)C(=O)NC(C(=O)O)COCc1cn2nn1. The van der Waals surface area contributed by atoms with Crippen LogP contribution in [0.15, 0.2) is 66.9 Å². The van der Waals surface area contributed by atoms with Crippen molar-refractivity contribution in [1.29, 1.82) is 0 Å². The Balaban J connectivity index is 1.49. The minimum atomic E-state index is -1.40. The fraction of sp³-hybridized carbons (Fsp3) is 0.424. The molecule has 1 saturated heterocycles. The van der Waals surface area contributed by atoms with Crippen molar-refractivity contribution in [2.24, 2.45) is 0 Å². The van der Waals surface area contributed by atoms with Crippen LogP contribution in [-0.4, -0.2) is 105 Å². The number of carboxylic acids is 1. The molecule has 15 nitrogen and oxygen atoms in total. The van der Waals surface area contributed by atoms with Gasteiger partial charge in [0.05, 0.1) is 31.5 Å². The lowest BCUT2D eigenvalue weighted by Crippen LogP contribution is -2.59. The molecule has 4 bridgehead atoms. The van der Waals surface area contributed by atoms with Crippen LogP contribution in [0.2, 0.25) is 0 Å². The molecule has 2 aromatic carbocycles. The van der Waals surface area contributed by atoms with Crippen molar-refractivity contribution in [3.8, 4) is 0 Å². The Hall–Kier alpha value is -5.15. The van der Waals surface area contributed by atoms with Crippen molar-refractivity contribution in [3.63, 3.8) is 0 Å². The van der Waals surface area contributed by atoms with Gasteiger partial charge in [-0.1, -0.05) is 65.9 Å². The number of aliphatic carboxylic acids is 1. The summed E-state index contributed by atoms with van der Waals surface area (Å²) in [5.74, 6) is -3.49. The predicted molar refractivity (Wildman–Crippen MR) is 171 cm³/mol. The zero-order chi connectivity index (χ0) is 34.2. The molecule has 3 heterocycles. The molecule has 5 rings (SSSR count). The van der Waals surface area contributed by atoms with Gasteiger partial charge in [0.1, 0.15) is 23.8 Å². The van der Waals surface area contributed by atoms with Crippen molar-refractivity contribution >= 4 is 29.6 Å². The number of nitrogens with one attached hydrogen (secondary N) is 4. The number of likely N-dealkylation sites (tertiary alicyclic amines) is 1. The maximum atomic E-state index is 14.4. The molecule has 15 heteroatoms. The van der Waals surface area contributed by atoms with E-state index in [1.165, 1.54) is 4.90 Å². The highest BCUT2D eigenvalue weighted by Crippen LogP contribution is 2.29. The van der Waals surface area contributed by atoms with Gasteiger partial charge in [0, 0.05) is 25.8 Å². The third kappa shape index (κ3) is 8.41. The molecule has 4 amide bonds. The molecular weight excluding hydrogens is 620 g/mol. The van der Waals surface area contributed by atoms with Crippen molar-refractivity contribution in [3.05, 3.63) is 83.7 Å². The number of nitrogens with zero attached hydrogens (tertiary/aromatic N) is 4. The number of rotatable bonds is 9. The number of hydrogen-bond donors (Lipinski definition) is 5. The van der Waals surface area contributed by atoms with E-state index in [9.17, 15) is 29.1 Å². The first-order chi connectivity index (χ1) is 23.1. The summed E-state index contributed by atoms with van der Waals surface area (Å²) in [5, 5.41) is 29.1. The molecule has 0 aliphatic carbocycles. The minimum Gasteiger partial charge on any atom is -0.480 e. The minimum absolute atomic E-state index is 0.0658. The van der Waals surface area contributed by atoms with Gasteiger partial charge in [0.2, 0.25) is 23.6 Å². The highest BCUT2D eigenvalue weighted by molar-refractivity contribution is 5.96. The van der Waals surface area contributed by atoms with Gasteiger partial charge in [0.15, 0.2) is 6.04 Å². The van der Waals surface area contributed by atoms with E-state index >= 15 is 0 Å². The monoisotopic (exact) mass is 660 g/mol. The summed E-state index contributed by atoms with van der Waals surface area (Å²) in [4.78, 5) is 68.5. The molecule has 0 saturated carbocycles. The molecule has 1 fully saturated rings. The Morgan fingerprint density at radius 1 is 1.02 bits per heavy atom. The lowest BCUT2D eigenvalue weighted by atomic mass is 10.0. The predicted octanol–water partition coefficient (Wildman–Crippen LogP) is -0.417. The second-order valence-corrected chi connectivity index (χ2v) is 12.0. The molecule has 6 atom stereocenters. The Kier molecular flexibility index (Phi) is 11.1. The summed E-state index contributed by atoms with van der Waals surface area (Å²) >= 11 is 0. The lowest BCUT2D eigenvalue weighted by molar-refractivity contribution is -0.145. The van der Waals surface area contributed by atoms with E-state index in [0.717, 1.165) is 11.1 Å². The zero-order valence-electron chi connectivity index (χ0n) is 26.7. The van der Waals surface area contributed by atoms with E-state index in [1.54, 1.807) is 49.1 Å². The summed E-state index contributed by atoms with van der Waals surface area (Å²) in [7, 11) is 1.64. The van der Waals surface area contributed by atoms with E-state index in [0.29, 0.717) is 5.69 Å². The average Bonchev–Trinajstić information content (AvgIpc) is 3.75. The number of aromatic nitrogens is 3. The van der Waals surface area contributed by atoms with Crippen molar-refractivity contribution < 1.29 is 33.8 Å². The van der Waals surface area contributed by atoms with Crippen LogP contribution >= 0.6 is 0 Å². The van der Waals surface area contributed by atoms with Crippen LogP contribution in [0.5, 0.6) is 0 Å². The van der Waals surface area contributed by atoms with Crippen LogP contribution in [-0.2, 0) is 48.2 Å². The molecule has 2 aliphatic rings. The smallest absolute Gasteiger partial charge is 0.328 e. The number of carbonyl (C=O) groups excluding carboxylic acids is 4. The maximum absolute atomic E-state index is 14.4. The number of fused-ring (bicyclic) bond motifs is 5. The number of benzene rings is 2. The molecule has 3 aromatic rings. The average molecular weight is 661 g/mol. The zero-order valence-corrected chi connectivity index (χ0v) is 26.7. The van der Waals surface area contributed by atoms with Gasteiger partial charge in [-0.15, -0.1) is 5.10 Å². The summed E-state index contributed by atoms with van der Waals surface area (Å²) in [6.07, 6.45) is 2.02. The van der Waals surface area contributed by atoms with Gasteiger partial charge >= 0.3 is 5.97 Å². The highest BCUT2D eigenvalue weighted by Gasteiger charge is 2.44. The van der Waals surface area contributed by atoms with Crippen LogP contribution in [0.25, 0.3) is 0 Å². The first-order valence-electron chi connectivity index (χ1n) is 15.8. The summed E-state index contributed by atoms with van der Waals surface area (Å²) in [6.45, 7) is 1.35. The van der Waals surface area contributed by atoms with E-state index in [2.05, 4.69) is 31.6 Å². The molecular formula is C33H40N8O7. The molecule has 0 spiro atoms. The lowest BCUT2D eigenvalue weighted by Gasteiger charge is -2.30. The summed E-state index contributed by atoms with van der Waals surface area (Å²) < 4.78 is 7.14. The topological polar surface area (TPSA) is 197 Å². The van der Waals surface area contributed by atoms with Gasteiger partial charge < -0.3 is 36.0 Å². The van der Waals surface area contributed by atoms with E-state index < -0.39 is 59.9 Å². The number of ether oxygens (including phenoxy) is 1. The third-order valence-electron chi connectivity index (χ3n) is 8.58. The normalized spacial score (nSPS) is 22.8. The summed E-state index contributed by atoms with van der Waals surface area (Å²) in [6, 6.07) is 12.5. The summed E-state index contributed by atoms with van der Waals surface area (Å²) in [5.41, 5.74) is 1.95. The van der Waals surface area contributed by atoms with E-state index in [-0.39, 0.29) is 44.9 Å². The number of amides is 4. The number of carboxylic acid groups (broad SMARTS) is 1. The van der Waals surface area contributed by atoms with Crippen molar-refractivity contribution in [2.75, 3.05) is 20.2 Å². The number of carbonyl (C=O) groups is 5. The molecule has 5 N–H and O–H groups in total. The first kappa shape index (κ1) is 34.2. The van der Waals surface area contributed by atoms with E-state index in [4.69, 9.17) is 4.74 Å². The Morgan fingerprint density at radius 3 is 2.38 bits per heavy atom. The Bertz CT molecular complexity index is 1600. The quantitative estimate of drug-likeness (QED) is 0.201. The standard InChI is InChI=1S/C33H40N8O7/c1-20(34-2)29(42)36-26(14-22-11-7-4-8-12-22)32(45)40-17-24-15-28(40)31(44)35-25(13-21-9-5-3-6-10-21)30(43)37-27(33(46)47)19-48-18-23-16-41(24)39-38-23/h3-12,16,20,24-28,34H,13-15,17-19H2,1-2H3,(H,35,44)(H,36,42)(H,37,43)(H,46,47). The van der Waals surface area contributed by atoms with Crippen LogP contribution in [0.4, 0.5) is 0 Å². The second kappa shape index (κ2) is 15.6. The van der Waals surface area contributed by atoms with Gasteiger partial charge in [0.25, 0.3) is 0 Å². The van der Waals surface area contributed by atoms with Gasteiger partial charge in [-0.25, -0.2) is 9.48 Å². The van der Waals surface area contributed by atoms with Crippen LogP contribution < -0.4 is 21.3 Å². The third-order valence-corrected chi connectivity index (χ3v) is 8.58. The number of hydrogen-bond acceptors (Lipinski definition) is 9. The molecule has 254 valence electrons. The molecule has 6 unspecified atom stereocenters. The van der Waals surface area contributed by atoms with Crippen molar-refractivity contribution in [2.45, 2.75) is 69.0 Å². The maximum Gasteiger partial charge on any atom is 0.328 e. The van der Waals surface area contributed by atoms with Gasteiger partial charge in [-0.2, -0.15) is 0 Å². The fourth-order valence-corrected chi connectivity index (χ4v) is 5.79. The number of likely N-dealkylation sites (N-methyl/N-ethyl adjacent to an activating group) is 1. The largest absolute Gasteiger partial charge is 0.480 e. The Labute approximate surface area is 277 Å². The highest BCUT2D eigenvalue weighted by atomic mass is 16.5.